The molecule has 8 nitrogen and oxygen atoms in total. The number of nitrogens with two attached hydrogens (primary N) is 1. The van der Waals surface area contributed by atoms with Crippen LogP contribution in [0.25, 0.3) is 0 Å². The van der Waals surface area contributed by atoms with Gasteiger partial charge in [0.15, 0.2) is 5.82 Å². The highest BCUT2D eigenvalue weighted by molar-refractivity contribution is 5.85. The Balaban J connectivity index is 0.00000288. The molecule has 0 aliphatic rings. The van der Waals surface area contributed by atoms with Gasteiger partial charge >= 0.3 is 0 Å². The van der Waals surface area contributed by atoms with E-state index in [1.807, 2.05) is 30.3 Å². The minimum atomic E-state index is -0.593. The Hall–Kier alpha value is -1.84. The van der Waals surface area contributed by atoms with E-state index in [2.05, 4.69) is 20.9 Å². The molecule has 0 amide bonds. The van der Waals surface area contributed by atoms with Crippen molar-refractivity contribution in [2.24, 2.45) is 5.84 Å². The molecule has 2 aromatic rings. The van der Waals surface area contributed by atoms with Crippen LogP contribution in [0.15, 0.2) is 42.5 Å². The maximum absolute atomic E-state index is 9.82. The molecule has 5 N–H and O–H groups in total. The fraction of sp³-hybridized carbons (Fsp3) is 0.333. The molecule has 0 aliphatic heterocycles. The van der Waals surface area contributed by atoms with E-state index in [1.165, 1.54) is 0 Å². The Morgan fingerprint density at radius 2 is 1.80 bits per heavy atom. The second kappa shape index (κ2) is 13.5. The second-order valence-corrected chi connectivity index (χ2v) is 4.73. The topological polar surface area (TPSA) is 115 Å². The highest BCUT2D eigenvalue weighted by Gasteiger charge is 2.05. The molecule has 0 bridgehead atoms. The van der Waals surface area contributed by atoms with E-state index in [0.717, 1.165) is 5.75 Å². The first-order valence-corrected chi connectivity index (χ1v) is 7.27. The van der Waals surface area contributed by atoms with Gasteiger partial charge in [0.05, 0.1) is 0 Å². The van der Waals surface area contributed by atoms with Crippen molar-refractivity contribution in [2.45, 2.75) is 6.10 Å². The molecule has 10 heteroatoms. The number of aromatic nitrogens is 2. The van der Waals surface area contributed by atoms with Crippen LogP contribution in [0.3, 0.4) is 0 Å². The zero-order valence-electron chi connectivity index (χ0n) is 13.5. The minimum Gasteiger partial charge on any atom is -0.491 e. The number of rotatable bonds is 10. The van der Waals surface area contributed by atoms with Crippen molar-refractivity contribution in [1.29, 1.82) is 0 Å². The number of benzene rings is 1. The summed E-state index contributed by atoms with van der Waals surface area (Å²) in [5.74, 6) is 6.82. The molecule has 0 saturated heterocycles. The maximum Gasteiger partial charge on any atom is 0.233 e. The molecule has 0 saturated carbocycles. The summed E-state index contributed by atoms with van der Waals surface area (Å²) in [7, 11) is 0. The van der Waals surface area contributed by atoms with Crippen molar-refractivity contribution in [3.63, 3.8) is 0 Å². The molecule has 2 rings (SSSR count). The number of hydrazine groups is 1. The third kappa shape index (κ3) is 9.28. The van der Waals surface area contributed by atoms with Crippen molar-refractivity contribution in [3.8, 4) is 11.6 Å². The largest absolute Gasteiger partial charge is 0.491 e. The summed E-state index contributed by atoms with van der Waals surface area (Å²) in [6.45, 7) is 1.63. The van der Waals surface area contributed by atoms with Crippen molar-refractivity contribution < 1.29 is 14.6 Å². The first kappa shape index (κ1) is 23.2. The Kier molecular flexibility index (Phi) is 12.5. The number of ether oxygens (including phenoxy) is 2. The second-order valence-electron chi connectivity index (χ2n) is 4.73. The molecule has 140 valence electrons. The third-order valence-corrected chi connectivity index (χ3v) is 2.88. The molecule has 1 aromatic carbocycles. The third-order valence-electron chi connectivity index (χ3n) is 2.88. The van der Waals surface area contributed by atoms with E-state index in [1.54, 1.807) is 12.1 Å². The van der Waals surface area contributed by atoms with Crippen LogP contribution in [0.5, 0.6) is 11.6 Å². The van der Waals surface area contributed by atoms with Gasteiger partial charge in [-0.15, -0.1) is 35.0 Å². The standard InChI is InChI=1S/C15H21N5O3.2ClH/c16-18-14-6-7-15(20-19-14)22-9-8-17-10-12(21)11-23-13-4-2-1-3-5-13;;/h1-7,12,17,21H,8-11,16H2,(H,18,19);2*1H. The average Bonchev–Trinajstić information content (AvgIpc) is 2.61. The summed E-state index contributed by atoms with van der Waals surface area (Å²) in [4.78, 5) is 0. The summed E-state index contributed by atoms with van der Waals surface area (Å²) in [5.41, 5.74) is 2.39. The summed E-state index contributed by atoms with van der Waals surface area (Å²) >= 11 is 0. The molecule has 1 atom stereocenters. The molecule has 0 spiro atoms. The molecule has 0 radical (unpaired) electrons. The average molecular weight is 392 g/mol. The van der Waals surface area contributed by atoms with E-state index in [0.29, 0.717) is 31.4 Å². The lowest BCUT2D eigenvalue weighted by atomic mass is 10.3. The quantitative estimate of drug-likeness (QED) is 0.269. The van der Waals surface area contributed by atoms with Crippen molar-refractivity contribution in [1.82, 2.24) is 15.5 Å². The highest BCUT2D eigenvalue weighted by atomic mass is 35.5. The van der Waals surface area contributed by atoms with Crippen LogP contribution in [-0.2, 0) is 0 Å². The van der Waals surface area contributed by atoms with Gasteiger partial charge in [0.2, 0.25) is 5.88 Å². The number of aliphatic hydroxyl groups excluding tert-OH is 1. The van der Waals surface area contributed by atoms with Crippen molar-refractivity contribution in [2.75, 3.05) is 31.7 Å². The highest BCUT2D eigenvalue weighted by Crippen LogP contribution is 2.08. The summed E-state index contributed by atoms with van der Waals surface area (Å²) in [6.07, 6.45) is -0.593. The Bertz CT molecular complexity index is 563. The number of nitrogens with zero attached hydrogens (tertiary/aromatic N) is 2. The van der Waals surface area contributed by atoms with Gasteiger partial charge in [0.1, 0.15) is 25.1 Å². The number of aliphatic hydroxyl groups is 1. The lowest BCUT2D eigenvalue weighted by molar-refractivity contribution is 0.105. The van der Waals surface area contributed by atoms with Crippen molar-refractivity contribution >= 4 is 30.6 Å². The van der Waals surface area contributed by atoms with Crippen LogP contribution in [0.1, 0.15) is 0 Å². The van der Waals surface area contributed by atoms with Gasteiger partial charge in [-0.05, 0) is 18.2 Å². The number of hydrogen-bond acceptors (Lipinski definition) is 8. The van der Waals surface area contributed by atoms with E-state index < -0.39 is 6.10 Å². The first-order valence-electron chi connectivity index (χ1n) is 7.27. The number of hydrogen-bond donors (Lipinski definition) is 4. The molecule has 1 aromatic heterocycles. The Morgan fingerprint density at radius 3 is 2.44 bits per heavy atom. The van der Waals surface area contributed by atoms with Crippen LogP contribution < -0.4 is 26.1 Å². The van der Waals surface area contributed by atoms with E-state index >= 15 is 0 Å². The number of nitrogens with one attached hydrogen (secondary N) is 2. The maximum atomic E-state index is 9.82. The van der Waals surface area contributed by atoms with Crippen LogP contribution in [0.4, 0.5) is 5.82 Å². The molecule has 25 heavy (non-hydrogen) atoms. The fourth-order valence-electron chi connectivity index (χ4n) is 1.74. The summed E-state index contributed by atoms with van der Waals surface area (Å²) in [5, 5.41) is 20.5. The molecule has 1 unspecified atom stereocenters. The van der Waals surface area contributed by atoms with Crippen molar-refractivity contribution in [3.05, 3.63) is 42.5 Å². The predicted octanol–water partition coefficient (Wildman–Crippen LogP) is 1.01. The zero-order valence-corrected chi connectivity index (χ0v) is 15.1. The Labute approximate surface area is 158 Å². The van der Waals surface area contributed by atoms with E-state index in [-0.39, 0.29) is 31.4 Å². The molecule has 1 heterocycles. The van der Waals surface area contributed by atoms with Gasteiger partial charge in [-0.1, -0.05) is 18.2 Å². The first-order chi connectivity index (χ1) is 11.3. The lowest BCUT2D eigenvalue weighted by Crippen LogP contribution is -2.33. The molecule has 0 aliphatic carbocycles. The smallest absolute Gasteiger partial charge is 0.233 e. The van der Waals surface area contributed by atoms with Crippen LogP contribution in [0, 0.1) is 0 Å². The molecular formula is C15H23Cl2N5O3. The van der Waals surface area contributed by atoms with Gasteiger partial charge in [0, 0.05) is 19.2 Å². The fourth-order valence-corrected chi connectivity index (χ4v) is 1.74. The monoisotopic (exact) mass is 391 g/mol. The predicted molar refractivity (Wildman–Crippen MR) is 101 cm³/mol. The van der Waals surface area contributed by atoms with Crippen LogP contribution >= 0.6 is 24.8 Å². The minimum absolute atomic E-state index is 0. The van der Waals surface area contributed by atoms with Gasteiger partial charge in [-0.2, -0.15) is 0 Å². The zero-order chi connectivity index (χ0) is 16.3. The van der Waals surface area contributed by atoms with Crippen LogP contribution in [-0.4, -0.2) is 47.7 Å². The SMILES string of the molecule is Cl.Cl.NNc1ccc(OCCNCC(O)COc2ccccc2)nn1. The van der Waals surface area contributed by atoms with Gasteiger partial charge < -0.3 is 25.3 Å². The van der Waals surface area contributed by atoms with Gasteiger partial charge in [-0.25, -0.2) is 5.84 Å². The number of para-hydroxylation sites is 1. The number of anilines is 1. The normalized spacial score (nSPS) is 10.8. The van der Waals surface area contributed by atoms with Gasteiger partial charge in [-0.3, -0.25) is 0 Å². The molecule has 0 fully saturated rings. The van der Waals surface area contributed by atoms with E-state index in [4.69, 9.17) is 15.3 Å². The lowest BCUT2D eigenvalue weighted by Gasteiger charge is -2.13. The molecular weight excluding hydrogens is 369 g/mol. The van der Waals surface area contributed by atoms with Gasteiger partial charge in [0.25, 0.3) is 0 Å². The Morgan fingerprint density at radius 1 is 1.04 bits per heavy atom. The summed E-state index contributed by atoms with van der Waals surface area (Å²) < 4.78 is 10.9. The number of halogens is 2. The van der Waals surface area contributed by atoms with E-state index in [9.17, 15) is 5.11 Å². The van der Waals surface area contributed by atoms with Crippen LogP contribution in [0.2, 0.25) is 0 Å². The summed E-state index contributed by atoms with van der Waals surface area (Å²) in [6, 6.07) is 12.7. The number of nitrogen functional groups attached to an aromatic ring is 1.